The van der Waals surface area contributed by atoms with E-state index in [-0.39, 0.29) is 17.2 Å². The lowest BCUT2D eigenvalue weighted by Crippen LogP contribution is -2.15. The maximum atomic E-state index is 12.9. The highest BCUT2D eigenvalue weighted by Crippen LogP contribution is 2.27. The van der Waals surface area contributed by atoms with E-state index >= 15 is 0 Å². The van der Waals surface area contributed by atoms with Gasteiger partial charge in [0.1, 0.15) is 5.75 Å². The topological polar surface area (TPSA) is 67.4 Å². The number of anilines is 2. The third kappa shape index (κ3) is 7.33. The zero-order chi connectivity index (χ0) is 27.1. The van der Waals surface area contributed by atoms with Gasteiger partial charge in [-0.05, 0) is 81.0 Å². The van der Waals surface area contributed by atoms with Crippen LogP contribution in [-0.4, -0.2) is 18.4 Å². The molecule has 0 radical (unpaired) electrons. The van der Waals surface area contributed by atoms with E-state index in [1.807, 2.05) is 42.5 Å². The number of hydrogen-bond donors (Lipinski definition) is 2. The smallest absolute Gasteiger partial charge is 0.255 e. The van der Waals surface area contributed by atoms with E-state index in [1.54, 1.807) is 42.5 Å². The lowest BCUT2D eigenvalue weighted by molar-refractivity contribution is 0.101. The predicted molar refractivity (Wildman–Crippen MR) is 157 cm³/mol. The Morgan fingerprint density at radius 3 is 1.95 bits per heavy atom. The average molecular weight is 572 g/mol. The van der Waals surface area contributed by atoms with Crippen molar-refractivity contribution in [3.05, 3.63) is 124 Å². The summed E-state index contributed by atoms with van der Waals surface area (Å²) in [6.07, 6.45) is 0.796. The molecule has 0 atom stereocenters. The lowest BCUT2D eigenvalue weighted by Gasteiger charge is -2.19. The zero-order valence-corrected chi connectivity index (χ0v) is 23.3. The Kier molecular flexibility index (Phi) is 8.64. The lowest BCUT2D eigenvalue weighted by atomic mass is 9.87. The van der Waals surface area contributed by atoms with Gasteiger partial charge in [0.15, 0.2) is 0 Å². The Morgan fingerprint density at radius 1 is 0.737 bits per heavy atom. The van der Waals surface area contributed by atoms with Gasteiger partial charge in [0.25, 0.3) is 11.8 Å². The van der Waals surface area contributed by atoms with Crippen LogP contribution in [0, 0.1) is 0 Å². The Hall–Kier alpha value is -3.90. The fourth-order valence-corrected chi connectivity index (χ4v) is 4.38. The van der Waals surface area contributed by atoms with Gasteiger partial charge in [0.2, 0.25) is 0 Å². The molecule has 4 aromatic carbocycles. The summed E-state index contributed by atoms with van der Waals surface area (Å²) in [7, 11) is 0. The SMILES string of the molecule is CC(C)(C)c1ccc(C(=O)Nc2cccc(NC(=O)c3ccc(OCCc4ccccc4)c(Br)c3)c2)cc1. The minimum Gasteiger partial charge on any atom is -0.492 e. The van der Waals surface area contributed by atoms with E-state index in [0.29, 0.717) is 39.3 Å². The van der Waals surface area contributed by atoms with E-state index < -0.39 is 0 Å². The number of carbonyl (C=O) groups excluding carboxylic acids is 2. The van der Waals surface area contributed by atoms with Crippen molar-refractivity contribution in [2.24, 2.45) is 0 Å². The highest BCUT2D eigenvalue weighted by atomic mass is 79.9. The number of nitrogens with one attached hydrogen (secondary N) is 2. The largest absolute Gasteiger partial charge is 0.492 e. The molecule has 0 saturated carbocycles. The first-order valence-electron chi connectivity index (χ1n) is 12.5. The van der Waals surface area contributed by atoms with Gasteiger partial charge in [0.05, 0.1) is 11.1 Å². The summed E-state index contributed by atoms with van der Waals surface area (Å²) in [5, 5.41) is 5.80. The quantitative estimate of drug-likeness (QED) is 0.226. The Balaban J connectivity index is 1.35. The molecule has 0 bridgehead atoms. The highest BCUT2D eigenvalue weighted by molar-refractivity contribution is 9.10. The molecule has 5 nitrogen and oxygen atoms in total. The Labute approximate surface area is 232 Å². The Morgan fingerprint density at radius 2 is 1.34 bits per heavy atom. The van der Waals surface area contributed by atoms with Gasteiger partial charge in [0, 0.05) is 28.9 Å². The molecule has 2 amide bonds. The maximum absolute atomic E-state index is 12.9. The van der Waals surface area contributed by atoms with E-state index in [2.05, 4.69) is 59.5 Å². The summed E-state index contributed by atoms with van der Waals surface area (Å²) in [5.41, 5.74) is 4.62. The molecule has 0 aliphatic heterocycles. The number of halogens is 1. The molecule has 6 heteroatoms. The van der Waals surface area contributed by atoms with E-state index in [1.165, 1.54) is 5.56 Å². The fraction of sp³-hybridized carbons (Fsp3) is 0.188. The first-order chi connectivity index (χ1) is 18.2. The van der Waals surface area contributed by atoms with Crippen LogP contribution in [0.4, 0.5) is 11.4 Å². The molecule has 2 N–H and O–H groups in total. The van der Waals surface area contributed by atoms with Crippen molar-refractivity contribution in [2.45, 2.75) is 32.6 Å². The van der Waals surface area contributed by atoms with Crippen molar-refractivity contribution in [3.63, 3.8) is 0 Å². The number of hydrogen-bond acceptors (Lipinski definition) is 3. The summed E-state index contributed by atoms with van der Waals surface area (Å²) in [5.74, 6) is 0.209. The summed E-state index contributed by atoms with van der Waals surface area (Å²) >= 11 is 3.51. The van der Waals surface area contributed by atoms with Crippen LogP contribution in [0.25, 0.3) is 0 Å². The van der Waals surface area contributed by atoms with Gasteiger partial charge >= 0.3 is 0 Å². The normalized spacial score (nSPS) is 11.1. The average Bonchev–Trinajstić information content (AvgIpc) is 2.90. The van der Waals surface area contributed by atoms with E-state index in [4.69, 9.17) is 4.74 Å². The number of rotatable bonds is 8. The number of amides is 2. The maximum Gasteiger partial charge on any atom is 0.255 e. The minimum absolute atomic E-state index is 0.0207. The molecular weight excluding hydrogens is 540 g/mol. The number of ether oxygens (including phenoxy) is 1. The van der Waals surface area contributed by atoms with Crippen LogP contribution in [0.2, 0.25) is 0 Å². The molecule has 4 rings (SSSR count). The molecule has 0 aliphatic carbocycles. The molecule has 194 valence electrons. The third-order valence-electron chi connectivity index (χ3n) is 6.08. The molecule has 0 spiro atoms. The van der Waals surface area contributed by atoms with E-state index in [0.717, 1.165) is 12.0 Å². The first kappa shape index (κ1) is 27.1. The third-order valence-corrected chi connectivity index (χ3v) is 6.70. The molecule has 0 saturated heterocycles. The molecule has 38 heavy (non-hydrogen) atoms. The molecule has 0 heterocycles. The van der Waals surface area contributed by atoms with Crippen LogP contribution in [0.15, 0.2) is 102 Å². The minimum atomic E-state index is -0.261. The second kappa shape index (κ2) is 12.1. The van der Waals surface area contributed by atoms with Gasteiger partial charge in [-0.1, -0.05) is 69.3 Å². The van der Waals surface area contributed by atoms with Crippen molar-refractivity contribution in [2.75, 3.05) is 17.2 Å². The van der Waals surface area contributed by atoms with E-state index in [9.17, 15) is 9.59 Å². The van der Waals surface area contributed by atoms with Crippen molar-refractivity contribution in [3.8, 4) is 5.75 Å². The first-order valence-corrected chi connectivity index (χ1v) is 13.3. The van der Waals surface area contributed by atoms with Crippen LogP contribution in [0.5, 0.6) is 5.75 Å². The van der Waals surface area contributed by atoms with Crippen LogP contribution in [-0.2, 0) is 11.8 Å². The molecule has 0 aliphatic rings. The summed E-state index contributed by atoms with van der Waals surface area (Å²) in [4.78, 5) is 25.6. The highest BCUT2D eigenvalue weighted by Gasteiger charge is 2.15. The van der Waals surface area contributed by atoms with Gasteiger partial charge in [-0.25, -0.2) is 0 Å². The number of benzene rings is 4. The van der Waals surface area contributed by atoms with Gasteiger partial charge < -0.3 is 15.4 Å². The predicted octanol–water partition coefficient (Wildman–Crippen LogP) is 7.87. The monoisotopic (exact) mass is 570 g/mol. The standard InChI is InChI=1S/C32H31BrN2O3/c1-32(2,3)25-15-12-23(13-16-25)30(36)34-26-10-7-11-27(21-26)35-31(37)24-14-17-29(28(33)20-24)38-19-18-22-8-5-4-6-9-22/h4-17,20-21H,18-19H2,1-3H3,(H,34,36)(H,35,37). The van der Waals surface area contributed by atoms with Crippen LogP contribution >= 0.6 is 15.9 Å². The van der Waals surface area contributed by atoms with Crippen molar-refractivity contribution >= 4 is 39.1 Å². The molecular formula is C32H31BrN2O3. The molecule has 0 fully saturated rings. The van der Waals surface area contributed by atoms with Crippen molar-refractivity contribution in [1.29, 1.82) is 0 Å². The van der Waals surface area contributed by atoms with Crippen molar-refractivity contribution < 1.29 is 14.3 Å². The zero-order valence-electron chi connectivity index (χ0n) is 21.8. The molecule has 0 unspecified atom stereocenters. The fourth-order valence-electron chi connectivity index (χ4n) is 3.89. The van der Waals surface area contributed by atoms with Gasteiger partial charge in [-0.2, -0.15) is 0 Å². The van der Waals surface area contributed by atoms with Gasteiger partial charge in [-0.3, -0.25) is 9.59 Å². The van der Waals surface area contributed by atoms with Crippen molar-refractivity contribution in [1.82, 2.24) is 0 Å². The summed E-state index contributed by atoms with van der Waals surface area (Å²) in [6.45, 7) is 6.94. The van der Waals surface area contributed by atoms with Crippen LogP contribution in [0.3, 0.4) is 0 Å². The van der Waals surface area contributed by atoms with Gasteiger partial charge in [-0.15, -0.1) is 0 Å². The summed E-state index contributed by atoms with van der Waals surface area (Å²) < 4.78 is 6.59. The number of carbonyl (C=O) groups is 2. The second-order valence-corrected chi connectivity index (χ2v) is 10.9. The molecule has 0 aromatic heterocycles. The summed E-state index contributed by atoms with van der Waals surface area (Å²) in [6, 6.07) is 30.1. The van der Waals surface area contributed by atoms with Crippen LogP contribution < -0.4 is 15.4 Å². The van der Waals surface area contributed by atoms with Crippen LogP contribution in [0.1, 0.15) is 52.6 Å². The second-order valence-electron chi connectivity index (χ2n) is 10.0. The Bertz CT molecular complexity index is 1410. The molecule has 4 aromatic rings.